The maximum absolute atomic E-state index is 12.5. The summed E-state index contributed by atoms with van der Waals surface area (Å²) in [5, 5.41) is 3.46. The van der Waals surface area contributed by atoms with Gasteiger partial charge in [-0.05, 0) is 80.4 Å². The summed E-state index contributed by atoms with van der Waals surface area (Å²) in [7, 11) is -3.74. The fraction of sp³-hybridized carbons (Fsp3) is 0.381. The van der Waals surface area contributed by atoms with Crippen LogP contribution in [0, 0.1) is 5.92 Å². The minimum atomic E-state index is -3.74. The average Bonchev–Trinajstić information content (AvgIpc) is 3.21. The second-order valence-electron chi connectivity index (χ2n) is 7.46. The minimum absolute atomic E-state index is 0.0893. The Morgan fingerprint density at radius 1 is 1.07 bits per heavy atom. The Hall–Kier alpha value is -2.09. The van der Waals surface area contributed by atoms with Gasteiger partial charge in [-0.1, -0.05) is 18.5 Å². The normalized spacial score (nSPS) is 15.8. The lowest BCUT2D eigenvalue weighted by molar-refractivity contribution is 0.0945. The molecule has 1 amide bonds. The van der Waals surface area contributed by atoms with Crippen molar-refractivity contribution >= 4 is 33.2 Å². The van der Waals surface area contributed by atoms with E-state index >= 15 is 0 Å². The molecule has 0 spiro atoms. The lowest BCUT2D eigenvalue weighted by Crippen LogP contribution is -2.34. The molecule has 1 aliphatic heterocycles. The van der Waals surface area contributed by atoms with Crippen molar-refractivity contribution in [1.82, 2.24) is 10.2 Å². The monoisotopic (exact) mass is 435 g/mol. The number of halogens is 1. The van der Waals surface area contributed by atoms with Gasteiger partial charge in [-0.3, -0.25) is 9.52 Å². The second-order valence-corrected chi connectivity index (χ2v) is 9.58. The topological polar surface area (TPSA) is 78.5 Å². The van der Waals surface area contributed by atoms with Crippen LogP contribution in [0.1, 0.15) is 30.1 Å². The van der Waals surface area contributed by atoms with E-state index in [0.717, 1.165) is 19.6 Å². The summed E-state index contributed by atoms with van der Waals surface area (Å²) >= 11 is 5.82. The van der Waals surface area contributed by atoms with E-state index in [0.29, 0.717) is 28.7 Å². The Kier molecular flexibility index (Phi) is 7.16. The number of amides is 1. The standard InChI is InChI=1S/C21H26ClN3O3S/c1-16(15-25-12-2-3-13-25)14-23-21(26)17-4-10-20(11-5-17)29(27,28)24-19-8-6-18(22)7-9-19/h4-11,16,24H,2-3,12-15H2,1H3,(H,23,26). The predicted octanol–water partition coefficient (Wildman–Crippen LogP) is 3.60. The molecule has 0 aliphatic carbocycles. The molecule has 1 saturated heterocycles. The van der Waals surface area contributed by atoms with E-state index in [1.807, 2.05) is 0 Å². The number of carbonyl (C=O) groups excluding carboxylic acids is 1. The summed E-state index contributed by atoms with van der Waals surface area (Å²) in [4.78, 5) is 14.9. The van der Waals surface area contributed by atoms with Gasteiger partial charge in [0, 0.05) is 29.4 Å². The van der Waals surface area contributed by atoms with Gasteiger partial charge in [0.2, 0.25) is 0 Å². The van der Waals surface area contributed by atoms with Gasteiger partial charge < -0.3 is 10.2 Å². The van der Waals surface area contributed by atoms with Crippen LogP contribution in [-0.2, 0) is 10.0 Å². The maximum atomic E-state index is 12.5. The highest BCUT2D eigenvalue weighted by Crippen LogP contribution is 2.19. The number of hydrogen-bond acceptors (Lipinski definition) is 4. The van der Waals surface area contributed by atoms with Crippen LogP contribution < -0.4 is 10.0 Å². The molecule has 0 bridgehead atoms. The van der Waals surface area contributed by atoms with Crippen molar-refractivity contribution in [2.75, 3.05) is 30.9 Å². The fourth-order valence-electron chi connectivity index (χ4n) is 3.36. The summed E-state index contributed by atoms with van der Waals surface area (Å²) in [5.74, 6) is 0.160. The third kappa shape index (κ3) is 6.19. The number of anilines is 1. The Balaban J connectivity index is 1.55. The first-order chi connectivity index (χ1) is 13.8. The van der Waals surface area contributed by atoms with Crippen molar-refractivity contribution in [1.29, 1.82) is 0 Å². The molecular weight excluding hydrogens is 410 g/mol. The number of nitrogens with zero attached hydrogens (tertiary/aromatic N) is 1. The molecular formula is C21H26ClN3O3S. The number of hydrogen-bond donors (Lipinski definition) is 2. The highest BCUT2D eigenvalue weighted by Gasteiger charge is 2.17. The molecule has 29 heavy (non-hydrogen) atoms. The van der Waals surface area contributed by atoms with Crippen LogP contribution in [0.2, 0.25) is 5.02 Å². The first kappa shape index (κ1) is 21.6. The molecule has 1 unspecified atom stereocenters. The minimum Gasteiger partial charge on any atom is -0.352 e. The molecule has 0 saturated carbocycles. The van der Waals surface area contributed by atoms with Gasteiger partial charge in [-0.15, -0.1) is 0 Å². The highest BCUT2D eigenvalue weighted by molar-refractivity contribution is 7.92. The molecule has 0 radical (unpaired) electrons. The van der Waals surface area contributed by atoms with E-state index in [1.165, 1.54) is 37.1 Å². The van der Waals surface area contributed by atoms with Gasteiger partial charge in [0.05, 0.1) is 4.90 Å². The van der Waals surface area contributed by atoms with Gasteiger partial charge in [0.1, 0.15) is 0 Å². The summed E-state index contributed by atoms with van der Waals surface area (Å²) in [6.45, 7) is 5.97. The smallest absolute Gasteiger partial charge is 0.261 e. The quantitative estimate of drug-likeness (QED) is 0.664. The molecule has 6 nitrogen and oxygen atoms in total. The molecule has 0 aromatic heterocycles. The number of rotatable bonds is 8. The largest absolute Gasteiger partial charge is 0.352 e. The zero-order chi connectivity index (χ0) is 20.9. The van der Waals surface area contributed by atoms with Crippen molar-refractivity contribution in [3.05, 3.63) is 59.1 Å². The summed E-state index contributed by atoms with van der Waals surface area (Å²) < 4.78 is 27.5. The van der Waals surface area contributed by atoms with Crippen molar-refractivity contribution in [3.8, 4) is 0 Å². The maximum Gasteiger partial charge on any atom is 0.261 e. The Morgan fingerprint density at radius 3 is 2.31 bits per heavy atom. The van der Waals surface area contributed by atoms with Gasteiger partial charge in [-0.25, -0.2) is 8.42 Å². The average molecular weight is 436 g/mol. The van der Waals surface area contributed by atoms with Crippen molar-refractivity contribution in [3.63, 3.8) is 0 Å². The van der Waals surface area contributed by atoms with E-state index in [9.17, 15) is 13.2 Å². The number of nitrogens with one attached hydrogen (secondary N) is 2. The first-order valence-electron chi connectivity index (χ1n) is 9.72. The Morgan fingerprint density at radius 2 is 1.69 bits per heavy atom. The zero-order valence-electron chi connectivity index (χ0n) is 16.4. The van der Waals surface area contributed by atoms with Crippen LogP contribution in [0.3, 0.4) is 0 Å². The lowest BCUT2D eigenvalue weighted by atomic mass is 10.1. The SMILES string of the molecule is CC(CNC(=O)c1ccc(S(=O)(=O)Nc2ccc(Cl)cc2)cc1)CN1CCCC1. The first-order valence-corrected chi connectivity index (χ1v) is 11.6. The fourth-order valence-corrected chi connectivity index (χ4v) is 4.54. The second kappa shape index (κ2) is 9.61. The number of sulfonamides is 1. The Bertz CT molecular complexity index is 925. The Labute approximate surface area is 177 Å². The van der Waals surface area contributed by atoms with E-state index in [-0.39, 0.29) is 10.8 Å². The van der Waals surface area contributed by atoms with Crippen LogP contribution in [0.5, 0.6) is 0 Å². The molecule has 2 N–H and O–H groups in total. The van der Waals surface area contributed by atoms with E-state index in [2.05, 4.69) is 21.9 Å². The molecule has 1 aliphatic rings. The van der Waals surface area contributed by atoms with E-state index in [4.69, 9.17) is 11.6 Å². The zero-order valence-corrected chi connectivity index (χ0v) is 18.0. The van der Waals surface area contributed by atoms with Crippen molar-refractivity contribution < 1.29 is 13.2 Å². The predicted molar refractivity (Wildman–Crippen MR) is 116 cm³/mol. The summed E-state index contributed by atoms with van der Waals surface area (Å²) in [5.41, 5.74) is 0.854. The number of benzene rings is 2. The van der Waals surface area contributed by atoms with Crippen LogP contribution in [0.4, 0.5) is 5.69 Å². The third-order valence-electron chi connectivity index (χ3n) is 4.90. The van der Waals surface area contributed by atoms with Crippen molar-refractivity contribution in [2.45, 2.75) is 24.7 Å². The number of likely N-dealkylation sites (tertiary alicyclic amines) is 1. The van der Waals surface area contributed by atoms with Crippen LogP contribution >= 0.6 is 11.6 Å². The number of carbonyl (C=O) groups is 1. The molecule has 3 rings (SSSR count). The van der Waals surface area contributed by atoms with Gasteiger partial charge in [-0.2, -0.15) is 0 Å². The van der Waals surface area contributed by atoms with Crippen LogP contribution in [-0.4, -0.2) is 45.4 Å². The lowest BCUT2D eigenvalue weighted by Gasteiger charge is -2.20. The van der Waals surface area contributed by atoms with E-state index < -0.39 is 10.0 Å². The molecule has 2 aromatic rings. The van der Waals surface area contributed by atoms with Crippen LogP contribution in [0.15, 0.2) is 53.4 Å². The molecule has 1 atom stereocenters. The molecule has 1 fully saturated rings. The summed E-state index contributed by atoms with van der Waals surface area (Å²) in [6.07, 6.45) is 2.50. The van der Waals surface area contributed by atoms with Gasteiger partial charge >= 0.3 is 0 Å². The molecule has 8 heteroatoms. The van der Waals surface area contributed by atoms with Gasteiger partial charge in [0.15, 0.2) is 0 Å². The molecule has 1 heterocycles. The highest BCUT2D eigenvalue weighted by atomic mass is 35.5. The van der Waals surface area contributed by atoms with E-state index in [1.54, 1.807) is 24.3 Å². The van der Waals surface area contributed by atoms with Crippen molar-refractivity contribution in [2.24, 2.45) is 5.92 Å². The third-order valence-corrected chi connectivity index (χ3v) is 6.55. The molecule has 2 aromatic carbocycles. The molecule has 156 valence electrons. The summed E-state index contributed by atoms with van der Waals surface area (Å²) in [6, 6.07) is 12.3. The van der Waals surface area contributed by atoms with Gasteiger partial charge in [0.25, 0.3) is 15.9 Å². The van der Waals surface area contributed by atoms with Crippen LogP contribution in [0.25, 0.3) is 0 Å².